The van der Waals surface area contributed by atoms with Crippen LogP contribution in [0.1, 0.15) is 91.0 Å². The number of nitrogens with zero attached hydrogens (tertiary/aromatic N) is 1. The number of benzene rings is 2. The first kappa shape index (κ1) is 31.9. The molecule has 1 heterocycles. The van der Waals surface area contributed by atoms with Crippen LogP contribution in [0.15, 0.2) is 48.7 Å². The lowest BCUT2D eigenvalue weighted by Gasteiger charge is -2.14. The number of carbonyl (C=O) groups is 3. The van der Waals surface area contributed by atoms with E-state index in [4.69, 9.17) is 9.47 Å². The topological polar surface area (TPSA) is 104 Å². The second-order valence-corrected chi connectivity index (χ2v) is 10.4. The molecule has 0 aliphatic carbocycles. The molecule has 2 aromatic carbocycles. The van der Waals surface area contributed by atoms with Gasteiger partial charge in [-0.3, -0.25) is 9.59 Å². The van der Waals surface area contributed by atoms with Gasteiger partial charge in [0.25, 0.3) is 0 Å². The van der Waals surface area contributed by atoms with Crippen molar-refractivity contribution in [3.8, 4) is 5.75 Å². The Hall–Kier alpha value is -3.65. The van der Waals surface area contributed by atoms with Gasteiger partial charge in [-0.05, 0) is 55.2 Å². The molecule has 0 aliphatic heterocycles. The summed E-state index contributed by atoms with van der Waals surface area (Å²) in [7, 11) is 2.61. The van der Waals surface area contributed by atoms with Gasteiger partial charge in [0.1, 0.15) is 18.5 Å². The molecule has 1 atom stereocenters. The number of hydrogen-bond donors (Lipinski definition) is 1. The average Bonchev–Trinajstić information content (AvgIpc) is 3.35. The third kappa shape index (κ3) is 9.74. The fourth-order valence-electron chi connectivity index (χ4n) is 4.88. The van der Waals surface area contributed by atoms with Crippen molar-refractivity contribution in [1.29, 1.82) is 0 Å². The quantitative estimate of drug-likeness (QED) is 0.110. The number of esters is 2. The van der Waals surface area contributed by atoms with Crippen molar-refractivity contribution in [2.45, 2.75) is 83.8 Å². The Morgan fingerprint density at radius 1 is 0.878 bits per heavy atom. The fourth-order valence-corrected chi connectivity index (χ4v) is 4.88. The molecule has 0 saturated heterocycles. The summed E-state index contributed by atoms with van der Waals surface area (Å²) < 4.78 is 17.1. The predicted molar refractivity (Wildman–Crippen MR) is 158 cm³/mol. The van der Waals surface area contributed by atoms with Crippen LogP contribution in [0, 0.1) is 0 Å². The second kappa shape index (κ2) is 16.6. The number of fused-ring (bicyclic) bond motifs is 1. The van der Waals surface area contributed by atoms with Gasteiger partial charge in [-0.1, -0.05) is 51.2 Å². The third-order valence-corrected chi connectivity index (χ3v) is 7.21. The minimum absolute atomic E-state index is 0.0824. The third-order valence-electron chi connectivity index (χ3n) is 7.21. The van der Waals surface area contributed by atoms with Crippen molar-refractivity contribution in [2.24, 2.45) is 0 Å². The highest BCUT2D eigenvalue weighted by Gasteiger charge is 2.19. The van der Waals surface area contributed by atoms with Gasteiger partial charge in [0.05, 0.1) is 26.3 Å². The summed E-state index contributed by atoms with van der Waals surface area (Å²) in [4.78, 5) is 36.6. The maximum Gasteiger partial charge on any atom is 0.337 e. The van der Waals surface area contributed by atoms with E-state index in [1.807, 2.05) is 12.1 Å². The van der Waals surface area contributed by atoms with Crippen LogP contribution >= 0.6 is 0 Å². The zero-order valence-electron chi connectivity index (χ0n) is 24.5. The summed E-state index contributed by atoms with van der Waals surface area (Å²) in [6.07, 6.45) is 10.2. The Morgan fingerprint density at radius 3 is 2.32 bits per heavy atom. The zero-order chi connectivity index (χ0) is 29.6. The maximum absolute atomic E-state index is 13.1. The molecule has 8 heteroatoms. The molecule has 0 radical (unpaired) electrons. The lowest BCUT2D eigenvalue weighted by Crippen LogP contribution is -2.23. The number of aryl methyl sites for hydroxylation is 1. The van der Waals surface area contributed by atoms with Crippen molar-refractivity contribution in [2.75, 3.05) is 20.8 Å². The van der Waals surface area contributed by atoms with Crippen molar-refractivity contribution >= 4 is 28.6 Å². The molecule has 41 heavy (non-hydrogen) atoms. The summed E-state index contributed by atoms with van der Waals surface area (Å²) >= 11 is 0. The Balaban J connectivity index is 1.62. The number of aliphatic hydroxyl groups excluding tert-OH is 1. The van der Waals surface area contributed by atoms with E-state index in [1.165, 1.54) is 58.3 Å². The molecule has 8 nitrogen and oxygen atoms in total. The number of Topliss-reactive ketones (excluding diaryl/α,β-unsaturated/α-hetero) is 1. The van der Waals surface area contributed by atoms with E-state index in [0.717, 1.165) is 6.42 Å². The molecule has 1 N–H and O–H groups in total. The Morgan fingerprint density at radius 2 is 1.61 bits per heavy atom. The molecule has 0 saturated carbocycles. The molecule has 1 unspecified atom stereocenters. The van der Waals surface area contributed by atoms with E-state index in [1.54, 1.807) is 29.0 Å². The molecule has 0 fully saturated rings. The Bertz CT molecular complexity index is 1280. The molecule has 0 bridgehead atoms. The number of hydrogen-bond acceptors (Lipinski definition) is 7. The van der Waals surface area contributed by atoms with E-state index >= 15 is 0 Å². The zero-order valence-corrected chi connectivity index (χ0v) is 24.5. The molecule has 1 aromatic heterocycles. The van der Waals surface area contributed by atoms with Crippen LogP contribution in [0.5, 0.6) is 5.75 Å². The number of aromatic nitrogens is 1. The molecule has 0 spiro atoms. The van der Waals surface area contributed by atoms with Crippen molar-refractivity contribution in [1.82, 2.24) is 4.57 Å². The minimum Gasteiger partial charge on any atom is -0.491 e. The SMILES string of the molecule is CCCCCCCCc1ccc(OCC(O)Cn2cc(C(=O)CCCC(=O)OC)c3cc(C(=O)OC)ccc32)cc1. The highest BCUT2D eigenvalue weighted by molar-refractivity contribution is 6.09. The van der Waals surface area contributed by atoms with Crippen LogP contribution in [-0.4, -0.2) is 54.3 Å². The number of ether oxygens (including phenoxy) is 3. The monoisotopic (exact) mass is 565 g/mol. The van der Waals surface area contributed by atoms with Crippen LogP contribution in [-0.2, 0) is 27.2 Å². The van der Waals surface area contributed by atoms with Crippen molar-refractivity contribution in [3.63, 3.8) is 0 Å². The van der Waals surface area contributed by atoms with Crippen molar-refractivity contribution in [3.05, 3.63) is 65.4 Å². The normalized spacial score (nSPS) is 11.8. The number of methoxy groups -OCH3 is 2. The van der Waals surface area contributed by atoms with E-state index in [0.29, 0.717) is 34.2 Å². The van der Waals surface area contributed by atoms with Gasteiger partial charge in [-0.25, -0.2) is 4.79 Å². The summed E-state index contributed by atoms with van der Waals surface area (Å²) in [5, 5.41) is 11.4. The first-order chi connectivity index (χ1) is 19.9. The first-order valence-corrected chi connectivity index (χ1v) is 14.6. The van der Waals surface area contributed by atoms with E-state index in [-0.39, 0.29) is 37.7 Å². The standard InChI is InChI=1S/C33H43NO7/c1-4-5-6-7-8-9-11-24-14-17-27(18-15-24)41-23-26(35)21-34-22-29(31(36)12-10-13-32(37)39-2)28-20-25(33(38)40-3)16-19-30(28)34/h14-20,22,26,35H,4-13,21,23H2,1-3H3. The molecule has 222 valence electrons. The van der Waals surface area contributed by atoms with Gasteiger partial charge in [-0.15, -0.1) is 0 Å². The number of rotatable bonds is 18. The molecule has 0 amide bonds. The largest absolute Gasteiger partial charge is 0.491 e. The van der Waals surface area contributed by atoms with Crippen LogP contribution in [0.2, 0.25) is 0 Å². The van der Waals surface area contributed by atoms with E-state index < -0.39 is 12.1 Å². The highest BCUT2D eigenvalue weighted by Crippen LogP contribution is 2.26. The maximum atomic E-state index is 13.1. The summed E-state index contributed by atoms with van der Waals surface area (Å²) in [6, 6.07) is 13.0. The predicted octanol–water partition coefficient (Wildman–Crippen LogP) is 6.30. The van der Waals surface area contributed by atoms with Gasteiger partial charge in [0, 0.05) is 35.5 Å². The van der Waals surface area contributed by atoms with Crippen LogP contribution in [0.3, 0.4) is 0 Å². The molecule has 3 aromatic rings. The molecule has 0 aliphatic rings. The minimum atomic E-state index is -0.837. The fraction of sp³-hybridized carbons (Fsp3) is 0.485. The number of ketones is 1. The van der Waals surface area contributed by atoms with Crippen molar-refractivity contribution < 1.29 is 33.7 Å². The summed E-state index contributed by atoms with van der Waals surface area (Å²) in [6.45, 7) is 2.50. The van der Waals surface area contributed by atoms with Gasteiger partial charge < -0.3 is 23.9 Å². The summed E-state index contributed by atoms with van der Waals surface area (Å²) in [5.74, 6) is -0.345. The van der Waals surface area contributed by atoms with E-state index in [2.05, 4.69) is 23.8 Å². The number of carbonyl (C=O) groups excluding carboxylic acids is 3. The Labute approximate surface area is 242 Å². The second-order valence-electron chi connectivity index (χ2n) is 10.4. The smallest absolute Gasteiger partial charge is 0.337 e. The lowest BCUT2D eigenvalue weighted by atomic mass is 10.0. The molecular formula is C33H43NO7. The number of aliphatic hydroxyl groups is 1. The van der Waals surface area contributed by atoms with Crippen LogP contribution in [0.25, 0.3) is 10.9 Å². The average molecular weight is 566 g/mol. The molecular weight excluding hydrogens is 522 g/mol. The molecule has 3 rings (SSSR count). The van der Waals surface area contributed by atoms with Crippen LogP contribution < -0.4 is 4.74 Å². The highest BCUT2D eigenvalue weighted by atomic mass is 16.5. The summed E-state index contributed by atoms with van der Waals surface area (Å²) in [5.41, 5.74) is 2.73. The van der Waals surface area contributed by atoms with E-state index in [9.17, 15) is 19.5 Å². The van der Waals surface area contributed by atoms with Gasteiger partial charge in [-0.2, -0.15) is 0 Å². The van der Waals surface area contributed by atoms with Gasteiger partial charge in [0.15, 0.2) is 5.78 Å². The Kier molecular flexibility index (Phi) is 12.9. The number of unbranched alkanes of at least 4 members (excludes halogenated alkanes) is 5. The van der Waals surface area contributed by atoms with Crippen LogP contribution in [0.4, 0.5) is 0 Å². The lowest BCUT2D eigenvalue weighted by molar-refractivity contribution is -0.140. The van der Waals surface area contributed by atoms with Gasteiger partial charge in [0.2, 0.25) is 0 Å². The first-order valence-electron chi connectivity index (χ1n) is 14.6. The van der Waals surface area contributed by atoms with Gasteiger partial charge >= 0.3 is 11.9 Å².